The first kappa shape index (κ1) is 14.5. The minimum Gasteiger partial charge on any atom is -0.477 e. The van der Waals surface area contributed by atoms with Crippen molar-refractivity contribution in [3.05, 3.63) is 57.8 Å². The van der Waals surface area contributed by atoms with Crippen molar-refractivity contribution in [2.75, 3.05) is 0 Å². The number of hydrogen-bond donors (Lipinski definition) is 1. The number of nitrogens with zero attached hydrogens (tertiary/aromatic N) is 1. The monoisotopic (exact) mass is 335 g/mol. The summed E-state index contributed by atoms with van der Waals surface area (Å²) in [5.74, 6) is -1.19. The van der Waals surface area contributed by atoms with Gasteiger partial charge in [-0.25, -0.2) is 4.79 Å². The minimum absolute atomic E-state index is 0.114. The van der Waals surface area contributed by atoms with Gasteiger partial charge in [-0.2, -0.15) is 0 Å². The quantitative estimate of drug-likeness (QED) is 0.865. The lowest BCUT2D eigenvalue weighted by atomic mass is 10.1. The maximum Gasteiger partial charge on any atom is 0.352 e. The molecule has 0 amide bonds. The molecule has 1 N–H and O–H groups in total. The first-order valence-electron chi connectivity index (χ1n) is 6.11. The number of carbonyl (C=O) groups excluding carboxylic acids is 1. The molecule has 20 heavy (non-hydrogen) atoms. The van der Waals surface area contributed by atoms with Crippen LogP contribution in [-0.2, 0) is 0 Å². The highest BCUT2D eigenvalue weighted by Crippen LogP contribution is 2.24. The van der Waals surface area contributed by atoms with E-state index in [-0.39, 0.29) is 17.5 Å². The van der Waals surface area contributed by atoms with E-state index in [1.807, 2.05) is 31.2 Å². The van der Waals surface area contributed by atoms with Gasteiger partial charge in [-0.1, -0.05) is 28.1 Å². The van der Waals surface area contributed by atoms with Crippen molar-refractivity contribution in [1.29, 1.82) is 0 Å². The minimum atomic E-state index is -1.04. The molecule has 2 rings (SSSR count). The van der Waals surface area contributed by atoms with Gasteiger partial charge in [0.2, 0.25) is 0 Å². The Balaban J connectivity index is 2.50. The summed E-state index contributed by atoms with van der Waals surface area (Å²) in [5, 5.41) is 9.27. The molecule has 0 aliphatic rings. The van der Waals surface area contributed by atoms with Gasteiger partial charge in [0.15, 0.2) is 5.78 Å². The van der Waals surface area contributed by atoms with Crippen LogP contribution >= 0.6 is 15.9 Å². The van der Waals surface area contributed by atoms with Gasteiger partial charge in [0, 0.05) is 16.2 Å². The van der Waals surface area contributed by atoms with Crippen LogP contribution in [0.1, 0.15) is 46.3 Å². The third kappa shape index (κ3) is 2.82. The van der Waals surface area contributed by atoms with Crippen LogP contribution in [0.25, 0.3) is 0 Å². The van der Waals surface area contributed by atoms with Gasteiger partial charge >= 0.3 is 5.97 Å². The Bertz CT molecular complexity index is 676. The number of ketones is 1. The normalized spacial score (nSPS) is 12.2. The maximum atomic E-state index is 11.4. The van der Waals surface area contributed by atoms with Crippen molar-refractivity contribution >= 4 is 27.7 Å². The fourth-order valence-electron chi connectivity index (χ4n) is 2.09. The highest BCUT2D eigenvalue weighted by atomic mass is 79.9. The van der Waals surface area contributed by atoms with Crippen LogP contribution in [0, 0.1) is 0 Å². The standard InChI is InChI=1S/C15H14BrNO3/c1-9(11-4-3-5-13(16)6-11)17-8-12(10(2)18)7-14(17)15(19)20/h3-9H,1-2H3,(H,19,20). The Hall–Kier alpha value is -1.88. The number of hydrogen-bond acceptors (Lipinski definition) is 2. The SMILES string of the molecule is CC(=O)c1cc(C(=O)O)n(C(C)c2cccc(Br)c2)c1. The molecule has 0 saturated heterocycles. The second-order valence-corrected chi connectivity index (χ2v) is 5.53. The Morgan fingerprint density at radius 1 is 1.30 bits per heavy atom. The number of aromatic carboxylic acids is 1. The summed E-state index contributed by atoms with van der Waals surface area (Å²) in [5.41, 5.74) is 1.49. The van der Waals surface area contributed by atoms with Crippen molar-refractivity contribution in [2.24, 2.45) is 0 Å². The van der Waals surface area contributed by atoms with Crippen LogP contribution < -0.4 is 0 Å². The van der Waals surface area contributed by atoms with E-state index in [1.165, 1.54) is 13.0 Å². The second kappa shape index (κ2) is 5.63. The summed E-state index contributed by atoms with van der Waals surface area (Å²) in [6.07, 6.45) is 1.59. The Labute approximate surface area is 125 Å². The molecule has 0 bridgehead atoms. The Morgan fingerprint density at radius 3 is 2.55 bits per heavy atom. The Kier molecular flexibility index (Phi) is 4.09. The fraction of sp³-hybridized carbons (Fsp3) is 0.200. The van der Waals surface area contributed by atoms with Crippen LogP contribution in [0.5, 0.6) is 0 Å². The summed E-state index contributed by atoms with van der Waals surface area (Å²) in [7, 11) is 0. The molecule has 0 radical (unpaired) electrons. The largest absolute Gasteiger partial charge is 0.477 e. The first-order valence-corrected chi connectivity index (χ1v) is 6.91. The van der Waals surface area contributed by atoms with E-state index in [9.17, 15) is 14.7 Å². The molecule has 0 aliphatic heterocycles. The second-order valence-electron chi connectivity index (χ2n) is 4.61. The van der Waals surface area contributed by atoms with Gasteiger partial charge in [-0.05, 0) is 37.6 Å². The van der Waals surface area contributed by atoms with Gasteiger partial charge < -0.3 is 9.67 Å². The zero-order chi connectivity index (χ0) is 14.9. The number of rotatable bonds is 4. The van der Waals surface area contributed by atoms with Crippen molar-refractivity contribution in [3.8, 4) is 0 Å². The van der Waals surface area contributed by atoms with Crippen molar-refractivity contribution in [2.45, 2.75) is 19.9 Å². The predicted molar refractivity (Wildman–Crippen MR) is 79.4 cm³/mol. The van der Waals surface area contributed by atoms with Gasteiger partial charge in [0.1, 0.15) is 5.69 Å². The topological polar surface area (TPSA) is 59.3 Å². The molecule has 5 heteroatoms. The van der Waals surface area contributed by atoms with E-state index in [4.69, 9.17) is 0 Å². The van der Waals surface area contributed by atoms with Crippen LogP contribution in [-0.4, -0.2) is 21.4 Å². The van der Waals surface area contributed by atoms with Gasteiger partial charge in [0.05, 0.1) is 6.04 Å². The fourth-order valence-corrected chi connectivity index (χ4v) is 2.51. The van der Waals surface area contributed by atoms with E-state index < -0.39 is 5.97 Å². The average molecular weight is 336 g/mol. The molecule has 1 atom stereocenters. The summed E-state index contributed by atoms with van der Waals surface area (Å²) in [6, 6.07) is 8.90. The average Bonchev–Trinajstić information content (AvgIpc) is 2.83. The zero-order valence-corrected chi connectivity index (χ0v) is 12.7. The summed E-state index contributed by atoms with van der Waals surface area (Å²) < 4.78 is 2.54. The number of Topliss-reactive ketones (excluding diaryl/α,β-unsaturated/α-hetero) is 1. The molecule has 4 nitrogen and oxygen atoms in total. The Morgan fingerprint density at radius 2 is 2.00 bits per heavy atom. The lowest BCUT2D eigenvalue weighted by molar-refractivity contribution is 0.0684. The lowest BCUT2D eigenvalue weighted by Crippen LogP contribution is -2.12. The molecule has 1 aromatic carbocycles. The van der Waals surface area contributed by atoms with E-state index in [0.717, 1.165) is 10.0 Å². The molecule has 0 spiro atoms. The number of halogens is 1. The maximum absolute atomic E-state index is 11.4. The molecule has 0 fully saturated rings. The molecule has 1 unspecified atom stereocenters. The van der Waals surface area contributed by atoms with Crippen molar-refractivity contribution < 1.29 is 14.7 Å². The summed E-state index contributed by atoms with van der Waals surface area (Å²) in [4.78, 5) is 22.8. The molecule has 0 aliphatic carbocycles. The van der Waals surface area contributed by atoms with Gasteiger partial charge in [-0.3, -0.25) is 4.79 Å². The predicted octanol–water partition coefficient (Wildman–Crippen LogP) is 3.76. The zero-order valence-electron chi connectivity index (χ0n) is 11.1. The highest BCUT2D eigenvalue weighted by Gasteiger charge is 2.19. The third-order valence-corrected chi connectivity index (χ3v) is 3.72. The third-order valence-electron chi connectivity index (χ3n) is 3.22. The number of carboxylic acid groups (broad SMARTS) is 1. The number of benzene rings is 1. The van der Waals surface area contributed by atoms with Crippen LogP contribution in [0.4, 0.5) is 0 Å². The smallest absolute Gasteiger partial charge is 0.352 e. The summed E-state index contributed by atoms with van der Waals surface area (Å²) in [6.45, 7) is 3.33. The molecular weight excluding hydrogens is 322 g/mol. The van der Waals surface area contributed by atoms with Crippen LogP contribution in [0.3, 0.4) is 0 Å². The molecule has 1 aromatic heterocycles. The number of carboxylic acids is 1. The van der Waals surface area contributed by atoms with Crippen molar-refractivity contribution in [3.63, 3.8) is 0 Å². The van der Waals surface area contributed by atoms with E-state index in [0.29, 0.717) is 5.56 Å². The molecule has 0 saturated carbocycles. The van der Waals surface area contributed by atoms with E-state index in [2.05, 4.69) is 15.9 Å². The number of carbonyl (C=O) groups is 2. The van der Waals surface area contributed by atoms with Gasteiger partial charge in [0.25, 0.3) is 0 Å². The lowest BCUT2D eigenvalue weighted by Gasteiger charge is -2.16. The molecular formula is C15H14BrNO3. The first-order chi connectivity index (χ1) is 9.40. The van der Waals surface area contributed by atoms with E-state index in [1.54, 1.807) is 10.8 Å². The highest BCUT2D eigenvalue weighted by molar-refractivity contribution is 9.10. The van der Waals surface area contributed by atoms with Crippen molar-refractivity contribution in [1.82, 2.24) is 4.57 Å². The summed E-state index contributed by atoms with van der Waals surface area (Å²) >= 11 is 3.40. The number of aromatic nitrogens is 1. The molecule has 2 aromatic rings. The molecule has 1 heterocycles. The molecule has 104 valence electrons. The van der Waals surface area contributed by atoms with Crippen LogP contribution in [0.2, 0.25) is 0 Å². The van der Waals surface area contributed by atoms with Gasteiger partial charge in [-0.15, -0.1) is 0 Å². The van der Waals surface area contributed by atoms with Crippen LogP contribution in [0.15, 0.2) is 41.0 Å². The van der Waals surface area contributed by atoms with E-state index >= 15 is 0 Å².